The molecule has 0 bridgehead atoms. The van der Waals surface area contributed by atoms with Crippen LogP contribution in [0.4, 0.5) is 0 Å². The van der Waals surface area contributed by atoms with Crippen molar-refractivity contribution in [2.45, 2.75) is 89.1 Å². The maximum atomic E-state index is 2.53. The summed E-state index contributed by atoms with van der Waals surface area (Å²) >= 11 is 0. The van der Waals surface area contributed by atoms with Gasteiger partial charge in [0.25, 0.3) is 0 Å². The molecule has 0 amide bonds. The molecule has 2 aliphatic rings. The van der Waals surface area contributed by atoms with Crippen molar-refractivity contribution in [2.24, 2.45) is 0 Å². The van der Waals surface area contributed by atoms with Crippen molar-refractivity contribution in [2.75, 3.05) is 0 Å². The van der Waals surface area contributed by atoms with Gasteiger partial charge in [0.15, 0.2) is 0 Å². The molecule has 130 valence electrons. The van der Waals surface area contributed by atoms with E-state index in [2.05, 4.69) is 45.8 Å². The van der Waals surface area contributed by atoms with Crippen molar-refractivity contribution in [1.29, 1.82) is 0 Å². The summed E-state index contributed by atoms with van der Waals surface area (Å²) in [6.07, 6.45) is 18.7. The fourth-order valence-corrected chi connectivity index (χ4v) is 5.02. The Morgan fingerprint density at radius 1 is 0.625 bits per heavy atom. The molecule has 2 heterocycles. The lowest BCUT2D eigenvalue weighted by atomic mass is 9.87. The minimum Gasteiger partial charge on any atom is -0.349 e. The van der Waals surface area contributed by atoms with Crippen LogP contribution in [0.25, 0.3) is 0 Å². The van der Waals surface area contributed by atoms with Gasteiger partial charge in [-0.3, -0.25) is 0 Å². The van der Waals surface area contributed by atoms with E-state index in [1.54, 1.807) is 11.4 Å². The zero-order valence-corrected chi connectivity index (χ0v) is 15.0. The van der Waals surface area contributed by atoms with Crippen molar-refractivity contribution in [1.82, 2.24) is 9.13 Å². The second-order valence-corrected chi connectivity index (χ2v) is 7.92. The number of rotatable bonds is 5. The summed E-state index contributed by atoms with van der Waals surface area (Å²) < 4.78 is 5.06. The SMILES string of the molecule is c1cc(C2CCCCC2)n(CCn2cccc2C2CCCCC2)c1. The number of hydrogen-bond acceptors (Lipinski definition) is 0. The maximum absolute atomic E-state index is 2.53. The zero-order chi connectivity index (χ0) is 16.2. The van der Waals surface area contributed by atoms with Crippen molar-refractivity contribution >= 4 is 0 Å². The van der Waals surface area contributed by atoms with Crippen LogP contribution in [-0.2, 0) is 13.1 Å². The highest BCUT2D eigenvalue weighted by Gasteiger charge is 2.20. The highest BCUT2D eigenvalue weighted by molar-refractivity contribution is 5.15. The van der Waals surface area contributed by atoms with Gasteiger partial charge in [0, 0.05) is 36.9 Å². The summed E-state index contributed by atoms with van der Waals surface area (Å²) in [4.78, 5) is 0. The average molecular weight is 325 g/mol. The first-order valence-electron chi connectivity index (χ1n) is 10.2. The molecule has 0 unspecified atom stereocenters. The third-order valence-corrected chi connectivity index (χ3v) is 6.36. The lowest BCUT2D eigenvalue weighted by Gasteiger charge is -2.25. The van der Waals surface area contributed by atoms with E-state index in [0.717, 1.165) is 24.9 Å². The molecule has 2 aliphatic carbocycles. The van der Waals surface area contributed by atoms with Crippen LogP contribution >= 0.6 is 0 Å². The molecule has 0 aliphatic heterocycles. The van der Waals surface area contributed by atoms with E-state index in [9.17, 15) is 0 Å². The zero-order valence-electron chi connectivity index (χ0n) is 15.0. The van der Waals surface area contributed by atoms with Crippen molar-refractivity contribution in [3.63, 3.8) is 0 Å². The van der Waals surface area contributed by atoms with Gasteiger partial charge in [-0.1, -0.05) is 38.5 Å². The van der Waals surface area contributed by atoms with Gasteiger partial charge in [-0.25, -0.2) is 0 Å². The van der Waals surface area contributed by atoms with E-state index in [-0.39, 0.29) is 0 Å². The van der Waals surface area contributed by atoms with Gasteiger partial charge >= 0.3 is 0 Å². The molecule has 2 saturated carbocycles. The van der Waals surface area contributed by atoms with Crippen LogP contribution < -0.4 is 0 Å². The van der Waals surface area contributed by atoms with Crippen molar-refractivity contribution < 1.29 is 0 Å². The van der Waals surface area contributed by atoms with Crippen LogP contribution in [0, 0.1) is 0 Å². The van der Waals surface area contributed by atoms with Crippen LogP contribution in [0.1, 0.15) is 87.4 Å². The summed E-state index contributed by atoms with van der Waals surface area (Å²) in [5.74, 6) is 1.60. The smallest absolute Gasteiger partial charge is 0.0402 e. The monoisotopic (exact) mass is 324 g/mol. The van der Waals surface area contributed by atoms with E-state index < -0.39 is 0 Å². The summed E-state index contributed by atoms with van der Waals surface area (Å²) in [6, 6.07) is 9.24. The molecular formula is C22H32N2. The molecule has 0 spiro atoms. The van der Waals surface area contributed by atoms with Gasteiger partial charge in [-0.05, 0) is 61.8 Å². The number of aromatic nitrogens is 2. The lowest BCUT2D eigenvalue weighted by Crippen LogP contribution is -2.16. The average Bonchev–Trinajstić information content (AvgIpc) is 3.30. The molecule has 2 aromatic rings. The molecule has 0 atom stereocenters. The molecule has 2 nitrogen and oxygen atoms in total. The largest absolute Gasteiger partial charge is 0.349 e. The maximum Gasteiger partial charge on any atom is 0.0402 e. The molecular weight excluding hydrogens is 292 g/mol. The first kappa shape index (κ1) is 16.1. The van der Waals surface area contributed by atoms with E-state index in [0.29, 0.717) is 0 Å². The molecule has 0 radical (unpaired) electrons. The first-order chi connectivity index (χ1) is 11.9. The van der Waals surface area contributed by atoms with Crippen LogP contribution in [0.15, 0.2) is 36.7 Å². The first-order valence-corrected chi connectivity index (χ1v) is 10.2. The standard InChI is InChI=1S/C22H32N2/c1-3-9-19(10-4-1)21-13-7-15-23(21)17-18-24-16-8-14-22(24)20-11-5-2-6-12-20/h7-8,13-16,19-20H,1-6,9-12,17-18H2. The molecule has 0 aromatic carbocycles. The van der Waals surface area contributed by atoms with Gasteiger partial charge in [-0.2, -0.15) is 0 Å². The molecule has 4 rings (SSSR count). The van der Waals surface area contributed by atoms with Crippen molar-refractivity contribution in [3.8, 4) is 0 Å². The van der Waals surface area contributed by atoms with Gasteiger partial charge in [0.05, 0.1) is 0 Å². The quantitative estimate of drug-likeness (QED) is 0.630. The Hall–Kier alpha value is -1.44. The van der Waals surface area contributed by atoms with Gasteiger partial charge in [-0.15, -0.1) is 0 Å². The lowest BCUT2D eigenvalue weighted by molar-refractivity contribution is 0.407. The van der Waals surface area contributed by atoms with Crippen LogP contribution in [0.5, 0.6) is 0 Å². The third-order valence-electron chi connectivity index (χ3n) is 6.36. The van der Waals surface area contributed by atoms with E-state index in [4.69, 9.17) is 0 Å². The third kappa shape index (κ3) is 3.48. The predicted octanol–water partition coefficient (Wildman–Crippen LogP) is 6.09. The Morgan fingerprint density at radius 2 is 1.04 bits per heavy atom. The van der Waals surface area contributed by atoms with E-state index >= 15 is 0 Å². The molecule has 2 fully saturated rings. The molecule has 2 aromatic heterocycles. The van der Waals surface area contributed by atoms with Crippen LogP contribution in [-0.4, -0.2) is 9.13 Å². The molecule has 24 heavy (non-hydrogen) atoms. The summed E-state index contributed by atoms with van der Waals surface area (Å²) in [6.45, 7) is 2.24. The Bertz CT molecular complexity index is 568. The molecule has 2 heteroatoms. The minimum absolute atomic E-state index is 0.802. The number of nitrogens with zero attached hydrogens (tertiary/aromatic N) is 2. The molecule has 0 saturated heterocycles. The minimum atomic E-state index is 0.802. The summed E-state index contributed by atoms with van der Waals surface area (Å²) in [5, 5.41) is 0. The van der Waals surface area contributed by atoms with Gasteiger partial charge in [0.2, 0.25) is 0 Å². The fourth-order valence-electron chi connectivity index (χ4n) is 5.02. The van der Waals surface area contributed by atoms with E-state index in [1.807, 2.05) is 0 Å². The Kier molecular flexibility index (Phi) is 5.10. The molecule has 0 N–H and O–H groups in total. The second kappa shape index (κ2) is 7.63. The normalized spacial score (nSPS) is 20.5. The highest BCUT2D eigenvalue weighted by atomic mass is 15.0. The summed E-state index contributed by atoms with van der Waals surface area (Å²) in [7, 11) is 0. The van der Waals surface area contributed by atoms with Gasteiger partial charge < -0.3 is 9.13 Å². The highest BCUT2D eigenvalue weighted by Crippen LogP contribution is 2.34. The second-order valence-electron chi connectivity index (χ2n) is 7.92. The number of hydrogen-bond donors (Lipinski definition) is 0. The summed E-state index contributed by atoms with van der Waals surface area (Å²) in [5.41, 5.74) is 3.17. The van der Waals surface area contributed by atoms with Crippen molar-refractivity contribution in [3.05, 3.63) is 48.0 Å². The predicted molar refractivity (Wildman–Crippen MR) is 101 cm³/mol. The fraction of sp³-hybridized carbons (Fsp3) is 0.636. The topological polar surface area (TPSA) is 9.86 Å². The van der Waals surface area contributed by atoms with Crippen LogP contribution in [0.2, 0.25) is 0 Å². The Balaban J connectivity index is 1.42. The Morgan fingerprint density at radius 3 is 1.46 bits per heavy atom. The van der Waals surface area contributed by atoms with E-state index in [1.165, 1.54) is 64.2 Å². The van der Waals surface area contributed by atoms with Gasteiger partial charge in [0.1, 0.15) is 0 Å². The van der Waals surface area contributed by atoms with Crippen LogP contribution in [0.3, 0.4) is 0 Å². The Labute approximate surface area is 146 Å². The number of aryl methyl sites for hydroxylation is 2.